The molecular formula is C26H23Br2N7O. The van der Waals surface area contributed by atoms with Gasteiger partial charge in [0.15, 0.2) is 0 Å². The fourth-order valence-corrected chi connectivity index (χ4v) is 6.12. The molecule has 0 radical (unpaired) electrons. The van der Waals surface area contributed by atoms with Crippen molar-refractivity contribution in [3.8, 4) is 0 Å². The molecule has 5 aromatic rings. The third kappa shape index (κ3) is 2.94. The van der Waals surface area contributed by atoms with Crippen LogP contribution in [-0.2, 0) is 24.4 Å². The highest BCUT2D eigenvalue weighted by molar-refractivity contribution is 9.10. The Morgan fingerprint density at radius 2 is 1.53 bits per heavy atom. The lowest BCUT2D eigenvalue weighted by Crippen LogP contribution is -2.42. The fourth-order valence-electron chi connectivity index (χ4n) is 5.40. The van der Waals surface area contributed by atoms with Crippen LogP contribution < -0.4 is 5.62 Å². The van der Waals surface area contributed by atoms with Crippen LogP contribution in [-0.4, -0.2) is 42.8 Å². The quantitative estimate of drug-likeness (QED) is 0.269. The van der Waals surface area contributed by atoms with Gasteiger partial charge in [0.05, 0.1) is 5.69 Å². The van der Waals surface area contributed by atoms with E-state index in [-0.39, 0.29) is 5.91 Å². The molecule has 1 unspecified atom stereocenters. The van der Waals surface area contributed by atoms with Gasteiger partial charge in [-0.2, -0.15) is 0 Å². The van der Waals surface area contributed by atoms with Crippen LogP contribution in [0.25, 0.3) is 21.8 Å². The first-order valence-corrected chi connectivity index (χ1v) is 12.9. The van der Waals surface area contributed by atoms with Crippen molar-refractivity contribution in [2.24, 2.45) is 19.1 Å². The third-order valence-electron chi connectivity index (χ3n) is 7.28. The number of hydrogen-bond acceptors (Lipinski definition) is 3. The Morgan fingerprint density at radius 1 is 0.917 bits per heavy atom. The lowest BCUT2D eigenvalue weighted by molar-refractivity contribution is -0.129. The number of nitrogens with one attached hydrogen (secondary N) is 3. The number of likely N-dealkylation sites (N-methyl/N-ethyl adjacent to an activating group) is 1. The zero-order valence-corrected chi connectivity index (χ0v) is 23.2. The molecule has 3 aromatic heterocycles. The lowest BCUT2D eigenvalue weighted by Gasteiger charge is -2.26. The topological polar surface area (TPSA) is 98.0 Å². The van der Waals surface area contributed by atoms with E-state index in [0.29, 0.717) is 17.1 Å². The molecule has 10 heteroatoms. The molecule has 4 heterocycles. The summed E-state index contributed by atoms with van der Waals surface area (Å²) in [7, 11) is 5.43. The van der Waals surface area contributed by atoms with Crippen molar-refractivity contribution in [2.75, 3.05) is 7.05 Å². The van der Waals surface area contributed by atoms with E-state index in [2.05, 4.69) is 41.8 Å². The van der Waals surface area contributed by atoms with Crippen molar-refractivity contribution < 1.29 is 4.79 Å². The predicted octanol–water partition coefficient (Wildman–Crippen LogP) is 4.80. The summed E-state index contributed by atoms with van der Waals surface area (Å²) in [6.07, 6.45) is 3.77. The van der Waals surface area contributed by atoms with Gasteiger partial charge in [-0.1, -0.05) is 44.0 Å². The molecule has 8 nitrogen and oxygen atoms in total. The van der Waals surface area contributed by atoms with Crippen molar-refractivity contribution in [3.05, 3.63) is 85.9 Å². The Bertz CT molecular complexity index is 1820. The van der Waals surface area contributed by atoms with Gasteiger partial charge in [-0.05, 0) is 31.2 Å². The summed E-state index contributed by atoms with van der Waals surface area (Å²) in [6, 6.07) is 12.0. The first kappa shape index (κ1) is 23.1. The van der Waals surface area contributed by atoms with Crippen molar-refractivity contribution in [2.45, 2.75) is 12.5 Å². The number of amides is 1. The number of fused-ring (bicyclic) bond motifs is 2. The van der Waals surface area contributed by atoms with Gasteiger partial charge in [-0.25, -0.2) is 4.99 Å². The van der Waals surface area contributed by atoms with Crippen LogP contribution in [0.4, 0.5) is 0 Å². The summed E-state index contributed by atoms with van der Waals surface area (Å²) in [4.78, 5) is 28.0. The van der Waals surface area contributed by atoms with Crippen LogP contribution >= 0.6 is 31.9 Å². The number of aromatic amines is 2. The number of amidine groups is 1. The average Bonchev–Trinajstić information content (AvgIpc) is 3.57. The maximum atomic E-state index is 14.4. The van der Waals surface area contributed by atoms with Crippen LogP contribution in [0.15, 0.2) is 62.7 Å². The second kappa shape index (κ2) is 7.81. The summed E-state index contributed by atoms with van der Waals surface area (Å²) in [5, 5.41) is 10.5. The van der Waals surface area contributed by atoms with Gasteiger partial charge >= 0.3 is 0 Å². The Hall–Kier alpha value is -3.37. The molecule has 182 valence electrons. The number of carbonyl (C=O) groups excluding carboxylic acids is 1. The zero-order valence-electron chi connectivity index (χ0n) is 20.1. The maximum Gasteiger partial charge on any atom is 0.266 e. The maximum absolute atomic E-state index is 14.4. The molecule has 1 atom stereocenters. The summed E-state index contributed by atoms with van der Waals surface area (Å²) in [6.45, 7) is 1.94. The molecule has 0 spiro atoms. The normalized spacial score (nSPS) is 18.1. The molecule has 1 aliphatic rings. The first-order valence-electron chi connectivity index (χ1n) is 11.3. The standard InChI is InChI=1S/C26H23Br2N7O/c1-13-22(34(3)25(29)33(13)2)26(19-12-31-21-10-15(28)6-8-17(19)21)24(36)35(4)23(32-26)18-11-30-20-9-14(27)5-7-16(18)20/h5-12,29-31H,1-4H3. The Labute approximate surface area is 223 Å². The van der Waals surface area contributed by atoms with Crippen LogP contribution in [0.1, 0.15) is 22.5 Å². The van der Waals surface area contributed by atoms with E-state index >= 15 is 0 Å². The number of rotatable bonds is 3. The number of hydrogen-bond donors (Lipinski definition) is 3. The van der Waals surface area contributed by atoms with E-state index in [0.717, 1.165) is 47.6 Å². The van der Waals surface area contributed by atoms with Gasteiger partial charge in [0.25, 0.3) is 5.91 Å². The highest BCUT2D eigenvalue weighted by Crippen LogP contribution is 2.45. The number of aliphatic imine (C=N–C) groups is 1. The smallest absolute Gasteiger partial charge is 0.266 e. The minimum Gasteiger partial charge on any atom is -0.361 e. The average molecular weight is 609 g/mol. The largest absolute Gasteiger partial charge is 0.361 e. The first-order chi connectivity index (χ1) is 17.1. The highest BCUT2D eigenvalue weighted by atomic mass is 79.9. The van der Waals surface area contributed by atoms with E-state index in [4.69, 9.17) is 10.4 Å². The molecule has 2 aromatic carbocycles. The Balaban J connectivity index is 1.72. The van der Waals surface area contributed by atoms with E-state index in [1.807, 2.05) is 69.8 Å². The van der Waals surface area contributed by atoms with Crippen LogP contribution in [0.2, 0.25) is 0 Å². The van der Waals surface area contributed by atoms with E-state index in [1.165, 1.54) is 0 Å². The van der Waals surface area contributed by atoms with Gasteiger partial charge < -0.3 is 19.1 Å². The second-order valence-corrected chi connectivity index (χ2v) is 11.0. The van der Waals surface area contributed by atoms with E-state index in [1.54, 1.807) is 21.1 Å². The number of benzene rings is 2. The molecule has 0 aliphatic carbocycles. The zero-order chi connectivity index (χ0) is 25.5. The van der Waals surface area contributed by atoms with Gasteiger partial charge in [-0.15, -0.1) is 0 Å². The number of nitrogens with zero attached hydrogens (tertiary/aromatic N) is 4. The molecule has 36 heavy (non-hydrogen) atoms. The molecule has 0 bridgehead atoms. The van der Waals surface area contributed by atoms with Gasteiger partial charge in [0.2, 0.25) is 11.2 Å². The highest BCUT2D eigenvalue weighted by Gasteiger charge is 2.54. The summed E-state index contributed by atoms with van der Waals surface area (Å²) in [5.41, 5.74) is 3.86. The molecule has 6 rings (SSSR count). The Kier molecular flexibility index (Phi) is 5.00. The second-order valence-electron chi connectivity index (χ2n) is 9.17. The molecule has 3 N–H and O–H groups in total. The minimum atomic E-state index is -1.37. The van der Waals surface area contributed by atoms with Crippen molar-refractivity contribution in [1.29, 1.82) is 5.41 Å². The molecule has 1 aliphatic heterocycles. The summed E-state index contributed by atoms with van der Waals surface area (Å²) < 4.78 is 5.45. The number of carbonyl (C=O) groups is 1. The molecule has 0 saturated carbocycles. The predicted molar refractivity (Wildman–Crippen MR) is 147 cm³/mol. The third-order valence-corrected chi connectivity index (χ3v) is 8.27. The molecule has 0 saturated heterocycles. The molecule has 1 amide bonds. The number of imidazole rings is 1. The summed E-state index contributed by atoms with van der Waals surface area (Å²) in [5.74, 6) is 0.409. The number of H-pyrrole nitrogens is 2. The van der Waals surface area contributed by atoms with Gasteiger partial charge in [0, 0.05) is 81.1 Å². The molecular weight excluding hydrogens is 586 g/mol. The monoisotopic (exact) mass is 607 g/mol. The summed E-state index contributed by atoms with van der Waals surface area (Å²) >= 11 is 7.07. The van der Waals surface area contributed by atoms with E-state index < -0.39 is 5.54 Å². The lowest BCUT2D eigenvalue weighted by atomic mass is 9.85. The van der Waals surface area contributed by atoms with E-state index in [9.17, 15) is 4.79 Å². The van der Waals surface area contributed by atoms with Crippen LogP contribution in [0.5, 0.6) is 0 Å². The fraction of sp³-hybridized carbons (Fsp3) is 0.192. The van der Waals surface area contributed by atoms with Crippen molar-refractivity contribution >= 4 is 65.4 Å². The SMILES string of the molecule is Cc1c(C2(c3c[nH]c4cc(Br)ccc34)N=C(c3c[nH]c4cc(Br)ccc34)N(C)C2=O)n(C)c(=N)n1C. The van der Waals surface area contributed by atoms with Crippen molar-refractivity contribution in [1.82, 2.24) is 24.0 Å². The number of halogens is 2. The van der Waals surface area contributed by atoms with Crippen molar-refractivity contribution in [3.63, 3.8) is 0 Å². The minimum absolute atomic E-state index is 0.169. The van der Waals surface area contributed by atoms with Crippen LogP contribution in [0, 0.1) is 12.3 Å². The van der Waals surface area contributed by atoms with Crippen LogP contribution in [0.3, 0.4) is 0 Å². The number of aromatic nitrogens is 4. The Morgan fingerprint density at radius 3 is 2.17 bits per heavy atom. The van der Waals surface area contributed by atoms with Gasteiger partial charge in [0.1, 0.15) is 5.84 Å². The van der Waals surface area contributed by atoms with Gasteiger partial charge in [-0.3, -0.25) is 15.1 Å². The molecule has 0 fully saturated rings.